The molecular formula is C7H8BrNO2S. The van der Waals surface area contributed by atoms with Crippen LogP contribution in [-0.2, 0) is 11.2 Å². The molecule has 0 unspecified atom stereocenters. The van der Waals surface area contributed by atoms with E-state index in [0.29, 0.717) is 6.42 Å². The summed E-state index contributed by atoms with van der Waals surface area (Å²) in [5.74, 6) is -0.959. The van der Waals surface area contributed by atoms with Gasteiger partial charge in [-0.25, -0.2) is 0 Å². The summed E-state index contributed by atoms with van der Waals surface area (Å²) in [6.07, 6.45) is 0.394. The van der Waals surface area contributed by atoms with Gasteiger partial charge in [0.05, 0.1) is 3.79 Å². The maximum Gasteiger partial charge on any atom is 0.320 e. The zero-order valence-electron chi connectivity index (χ0n) is 6.16. The minimum atomic E-state index is -0.959. The van der Waals surface area contributed by atoms with E-state index in [1.54, 1.807) is 0 Å². The van der Waals surface area contributed by atoms with Gasteiger partial charge in [-0.3, -0.25) is 4.79 Å². The van der Waals surface area contributed by atoms with E-state index in [1.807, 2.05) is 12.1 Å². The van der Waals surface area contributed by atoms with E-state index >= 15 is 0 Å². The molecule has 0 aliphatic carbocycles. The fourth-order valence-electron chi connectivity index (χ4n) is 0.766. The first-order chi connectivity index (χ1) is 5.59. The van der Waals surface area contributed by atoms with Gasteiger partial charge in [-0.2, -0.15) is 0 Å². The Kier molecular flexibility index (Phi) is 3.25. The average molecular weight is 250 g/mol. The number of hydrogen-bond donors (Lipinski definition) is 2. The van der Waals surface area contributed by atoms with Crippen molar-refractivity contribution in [3.8, 4) is 0 Å². The first-order valence-electron chi connectivity index (χ1n) is 3.32. The number of carbonyl (C=O) groups is 1. The summed E-state index contributed by atoms with van der Waals surface area (Å²) >= 11 is 4.80. The summed E-state index contributed by atoms with van der Waals surface area (Å²) in [5.41, 5.74) is 5.35. The number of aliphatic carboxylic acids is 1. The summed E-state index contributed by atoms with van der Waals surface area (Å²) in [6.45, 7) is 0. The number of carboxylic acids is 1. The van der Waals surface area contributed by atoms with Crippen LogP contribution in [0, 0.1) is 0 Å². The van der Waals surface area contributed by atoms with Gasteiger partial charge < -0.3 is 10.8 Å². The molecule has 0 spiro atoms. The van der Waals surface area contributed by atoms with Crippen LogP contribution in [0.25, 0.3) is 0 Å². The van der Waals surface area contributed by atoms with Crippen LogP contribution in [0.15, 0.2) is 15.9 Å². The third-order valence-electron chi connectivity index (χ3n) is 1.37. The number of hydrogen-bond acceptors (Lipinski definition) is 3. The second-order valence-electron chi connectivity index (χ2n) is 2.35. The van der Waals surface area contributed by atoms with Crippen LogP contribution in [0.2, 0.25) is 0 Å². The Bertz CT molecular complexity index is 287. The van der Waals surface area contributed by atoms with E-state index in [4.69, 9.17) is 10.8 Å². The Balaban J connectivity index is 2.58. The molecule has 0 saturated heterocycles. The lowest BCUT2D eigenvalue weighted by atomic mass is 10.2. The average Bonchev–Trinajstić information content (AvgIpc) is 2.35. The number of halogens is 1. The topological polar surface area (TPSA) is 63.3 Å². The molecular weight excluding hydrogens is 242 g/mol. The van der Waals surface area contributed by atoms with Crippen molar-refractivity contribution in [1.82, 2.24) is 0 Å². The Hall–Kier alpha value is -0.390. The number of carboxylic acid groups (broad SMARTS) is 1. The van der Waals surface area contributed by atoms with Crippen LogP contribution in [0.1, 0.15) is 4.88 Å². The monoisotopic (exact) mass is 249 g/mol. The lowest BCUT2D eigenvalue weighted by Crippen LogP contribution is -2.31. The van der Waals surface area contributed by atoms with Gasteiger partial charge in [0.25, 0.3) is 0 Å². The van der Waals surface area contributed by atoms with Gasteiger partial charge in [0.1, 0.15) is 6.04 Å². The van der Waals surface area contributed by atoms with Crippen LogP contribution in [0.3, 0.4) is 0 Å². The molecule has 1 aromatic heterocycles. The normalized spacial score (nSPS) is 12.8. The molecule has 0 bridgehead atoms. The third-order valence-corrected chi connectivity index (χ3v) is 3.01. The van der Waals surface area contributed by atoms with Crippen LogP contribution in [-0.4, -0.2) is 17.1 Å². The first kappa shape index (κ1) is 9.70. The summed E-state index contributed by atoms with van der Waals surface area (Å²) in [7, 11) is 0. The zero-order chi connectivity index (χ0) is 9.14. The lowest BCUT2D eigenvalue weighted by Gasteiger charge is -2.02. The van der Waals surface area contributed by atoms with Crippen molar-refractivity contribution in [2.75, 3.05) is 0 Å². The van der Waals surface area contributed by atoms with Crippen LogP contribution in [0.4, 0.5) is 0 Å². The van der Waals surface area contributed by atoms with Crippen molar-refractivity contribution in [2.45, 2.75) is 12.5 Å². The Labute approximate surface area is 82.3 Å². The van der Waals surface area contributed by atoms with E-state index in [-0.39, 0.29) is 0 Å². The first-order valence-corrected chi connectivity index (χ1v) is 4.93. The molecule has 0 saturated carbocycles. The van der Waals surface area contributed by atoms with Crippen molar-refractivity contribution in [1.29, 1.82) is 0 Å². The number of nitrogens with two attached hydrogens (primary N) is 1. The summed E-state index contributed by atoms with van der Waals surface area (Å²) in [5, 5.41) is 8.52. The second-order valence-corrected chi connectivity index (χ2v) is 4.90. The molecule has 1 heterocycles. The second kappa shape index (κ2) is 4.02. The van der Waals surface area contributed by atoms with Crippen molar-refractivity contribution in [2.24, 2.45) is 5.73 Å². The largest absolute Gasteiger partial charge is 0.480 e. The van der Waals surface area contributed by atoms with Gasteiger partial charge >= 0.3 is 5.97 Å². The quantitative estimate of drug-likeness (QED) is 0.853. The zero-order valence-corrected chi connectivity index (χ0v) is 8.56. The van der Waals surface area contributed by atoms with Gasteiger partial charge in [0, 0.05) is 11.3 Å². The van der Waals surface area contributed by atoms with Crippen molar-refractivity contribution in [3.63, 3.8) is 0 Å². The van der Waals surface area contributed by atoms with Crippen LogP contribution < -0.4 is 5.73 Å². The predicted octanol–water partition coefficient (Wildman–Crippen LogP) is 1.47. The molecule has 3 nitrogen and oxygen atoms in total. The van der Waals surface area contributed by atoms with E-state index < -0.39 is 12.0 Å². The standard InChI is InChI=1S/C7H8BrNO2S/c8-6-2-1-4(12-6)3-5(9)7(10)11/h1-2,5H,3,9H2,(H,10,11)/t5-/m1/s1. The van der Waals surface area contributed by atoms with Gasteiger partial charge in [0.2, 0.25) is 0 Å². The smallest absolute Gasteiger partial charge is 0.320 e. The van der Waals surface area contributed by atoms with Crippen molar-refractivity contribution < 1.29 is 9.90 Å². The van der Waals surface area contributed by atoms with Crippen molar-refractivity contribution in [3.05, 3.63) is 20.8 Å². The highest BCUT2D eigenvalue weighted by Gasteiger charge is 2.12. The molecule has 1 rings (SSSR count). The molecule has 0 radical (unpaired) electrons. The van der Waals surface area contributed by atoms with E-state index in [2.05, 4.69) is 15.9 Å². The molecule has 0 amide bonds. The van der Waals surface area contributed by atoms with Crippen molar-refractivity contribution >= 4 is 33.2 Å². The van der Waals surface area contributed by atoms with Gasteiger partial charge in [-0.1, -0.05) is 0 Å². The summed E-state index contributed by atoms with van der Waals surface area (Å²) in [6, 6.07) is 2.96. The van der Waals surface area contributed by atoms with Gasteiger partial charge in [-0.05, 0) is 28.1 Å². The maximum absolute atomic E-state index is 10.4. The molecule has 66 valence electrons. The highest BCUT2D eigenvalue weighted by molar-refractivity contribution is 9.11. The number of rotatable bonds is 3. The van der Waals surface area contributed by atoms with E-state index in [0.717, 1.165) is 8.66 Å². The highest BCUT2D eigenvalue weighted by Crippen LogP contribution is 2.22. The molecule has 3 N–H and O–H groups in total. The molecule has 0 aromatic carbocycles. The lowest BCUT2D eigenvalue weighted by molar-refractivity contribution is -0.138. The minimum Gasteiger partial charge on any atom is -0.480 e. The Morgan fingerprint density at radius 3 is 2.83 bits per heavy atom. The molecule has 0 aliphatic heterocycles. The fourth-order valence-corrected chi connectivity index (χ4v) is 2.31. The van der Waals surface area contributed by atoms with Gasteiger partial charge in [0.15, 0.2) is 0 Å². The maximum atomic E-state index is 10.4. The Morgan fingerprint density at radius 1 is 1.75 bits per heavy atom. The minimum absolute atomic E-state index is 0.394. The summed E-state index contributed by atoms with van der Waals surface area (Å²) in [4.78, 5) is 11.4. The molecule has 5 heteroatoms. The number of thiophene rings is 1. The predicted molar refractivity (Wildman–Crippen MR) is 51.3 cm³/mol. The molecule has 12 heavy (non-hydrogen) atoms. The third kappa shape index (κ3) is 2.58. The van der Waals surface area contributed by atoms with E-state index in [1.165, 1.54) is 11.3 Å². The Morgan fingerprint density at radius 2 is 2.42 bits per heavy atom. The molecule has 0 fully saturated rings. The van der Waals surface area contributed by atoms with E-state index in [9.17, 15) is 4.79 Å². The fraction of sp³-hybridized carbons (Fsp3) is 0.286. The summed E-state index contributed by atoms with van der Waals surface area (Å²) < 4.78 is 0.995. The van der Waals surface area contributed by atoms with Crippen LogP contribution in [0.5, 0.6) is 0 Å². The van der Waals surface area contributed by atoms with Gasteiger partial charge in [-0.15, -0.1) is 11.3 Å². The molecule has 1 aromatic rings. The highest BCUT2D eigenvalue weighted by atomic mass is 79.9. The van der Waals surface area contributed by atoms with Crippen LogP contribution >= 0.6 is 27.3 Å². The molecule has 1 atom stereocenters. The SMILES string of the molecule is N[C@H](Cc1ccc(Br)s1)C(=O)O. The molecule has 0 aliphatic rings.